The standard InChI is InChI=1S/C22H30O3P2.2B/c1-3-7-21(8-4-1)26-17-15-24-13-11-23-12-14-25-16-18-27(20-19-26)22-9-5-2-6-10-22;;/h1-10H,11-20H2;;/t26-,27-;;/m0../s1. The average molecular weight is 426 g/mol. The minimum atomic E-state index is -0.189. The highest BCUT2D eigenvalue weighted by molar-refractivity contribution is 7.69. The van der Waals surface area contributed by atoms with Gasteiger partial charge in [0.25, 0.3) is 0 Å². The maximum absolute atomic E-state index is 5.83. The zero-order chi connectivity index (χ0) is 18.6. The smallest absolute Gasteiger partial charge is 0.0701 e. The number of hydrogen-bond donors (Lipinski definition) is 0. The van der Waals surface area contributed by atoms with Crippen molar-refractivity contribution in [2.45, 2.75) is 0 Å². The maximum Gasteiger partial charge on any atom is 0.0701 e. The number of hydrogen-bond acceptors (Lipinski definition) is 3. The van der Waals surface area contributed by atoms with Gasteiger partial charge in [0.1, 0.15) is 0 Å². The Kier molecular flexibility index (Phi) is 14.6. The van der Waals surface area contributed by atoms with Crippen molar-refractivity contribution < 1.29 is 14.2 Å². The molecule has 7 heteroatoms. The zero-order valence-corrected chi connectivity index (χ0v) is 18.9. The van der Waals surface area contributed by atoms with Crippen molar-refractivity contribution in [3.05, 3.63) is 60.7 Å². The lowest BCUT2D eigenvalue weighted by molar-refractivity contribution is 0.0204. The van der Waals surface area contributed by atoms with E-state index in [9.17, 15) is 0 Å². The molecule has 2 atom stereocenters. The molecular weight excluding hydrogens is 396 g/mol. The third kappa shape index (κ3) is 9.77. The molecule has 1 heterocycles. The van der Waals surface area contributed by atoms with Crippen molar-refractivity contribution in [3.8, 4) is 0 Å². The van der Waals surface area contributed by atoms with Crippen LogP contribution in [0.3, 0.4) is 0 Å². The van der Waals surface area contributed by atoms with Crippen molar-refractivity contribution in [2.24, 2.45) is 0 Å². The Balaban J connectivity index is 0.00000210. The van der Waals surface area contributed by atoms with Crippen LogP contribution in [0.2, 0.25) is 0 Å². The number of rotatable bonds is 2. The molecule has 1 fully saturated rings. The van der Waals surface area contributed by atoms with E-state index in [0.29, 0.717) is 26.4 Å². The lowest BCUT2D eigenvalue weighted by Crippen LogP contribution is -2.15. The quantitative estimate of drug-likeness (QED) is 0.547. The first-order chi connectivity index (χ1) is 13.4. The summed E-state index contributed by atoms with van der Waals surface area (Å²) < 4.78 is 17.3. The van der Waals surface area contributed by atoms with E-state index in [4.69, 9.17) is 14.2 Å². The molecule has 0 aliphatic carbocycles. The van der Waals surface area contributed by atoms with Crippen LogP contribution in [0.15, 0.2) is 60.7 Å². The summed E-state index contributed by atoms with van der Waals surface area (Å²) in [4.78, 5) is 0. The summed E-state index contributed by atoms with van der Waals surface area (Å²) in [6.45, 7) is 4.31. The highest BCUT2D eigenvalue weighted by Gasteiger charge is 2.16. The lowest BCUT2D eigenvalue weighted by Gasteiger charge is -2.23. The van der Waals surface area contributed by atoms with Crippen LogP contribution >= 0.6 is 15.8 Å². The molecule has 2 aromatic carbocycles. The summed E-state index contributed by atoms with van der Waals surface area (Å²) in [5.74, 6) is 0. The van der Waals surface area contributed by atoms with E-state index >= 15 is 0 Å². The van der Waals surface area contributed by atoms with Crippen LogP contribution in [0.4, 0.5) is 0 Å². The van der Waals surface area contributed by atoms with Gasteiger partial charge in [-0.15, -0.1) is 0 Å². The highest BCUT2D eigenvalue weighted by atomic mass is 31.1. The molecule has 0 saturated carbocycles. The highest BCUT2D eigenvalue weighted by Crippen LogP contribution is 2.41. The van der Waals surface area contributed by atoms with Gasteiger partial charge in [0.15, 0.2) is 0 Å². The Bertz CT molecular complexity index is 579. The largest absolute Gasteiger partial charge is 0.379 e. The molecule has 0 aromatic heterocycles. The molecule has 29 heavy (non-hydrogen) atoms. The summed E-state index contributed by atoms with van der Waals surface area (Å²) in [5, 5.41) is 2.99. The third-order valence-electron chi connectivity index (χ3n) is 4.64. The molecule has 0 unspecified atom stereocenters. The summed E-state index contributed by atoms with van der Waals surface area (Å²) in [7, 11) is -0.379. The molecule has 0 N–H and O–H groups in total. The summed E-state index contributed by atoms with van der Waals surface area (Å²) in [5.41, 5.74) is 0. The normalized spacial score (nSPS) is 22.2. The van der Waals surface area contributed by atoms with Crippen molar-refractivity contribution in [3.63, 3.8) is 0 Å². The zero-order valence-electron chi connectivity index (χ0n) is 17.1. The fourth-order valence-electron chi connectivity index (χ4n) is 3.15. The van der Waals surface area contributed by atoms with E-state index in [1.807, 2.05) is 0 Å². The summed E-state index contributed by atoms with van der Waals surface area (Å²) in [6.07, 6.45) is 4.79. The molecule has 6 radical (unpaired) electrons. The molecule has 0 bridgehead atoms. The van der Waals surface area contributed by atoms with Crippen molar-refractivity contribution in [1.29, 1.82) is 0 Å². The first-order valence-electron chi connectivity index (χ1n) is 9.77. The molecule has 3 rings (SSSR count). The molecule has 0 spiro atoms. The van der Waals surface area contributed by atoms with E-state index < -0.39 is 0 Å². The van der Waals surface area contributed by atoms with Gasteiger partial charge >= 0.3 is 0 Å². The molecule has 1 aliphatic rings. The van der Waals surface area contributed by atoms with Gasteiger partial charge in [-0.3, -0.25) is 0 Å². The van der Waals surface area contributed by atoms with Crippen LogP contribution < -0.4 is 10.6 Å². The van der Waals surface area contributed by atoms with E-state index in [1.165, 1.54) is 22.9 Å². The Labute approximate surface area is 182 Å². The molecule has 3 nitrogen and oxygen atoms in total. The Morgan fingerprint density at radius 3 is 1.17 bits per heavy atom. The predicted octanol–water partition coefficient (Wildman–Crippen LogP) is 2.90. The first kappa shape index (κ1) is 26.3. The van der Waals surface area contributed by atoms with E-state index in [-0.39, 0.29) is 32.7 Å². The van der Waals surface area contributed by atoms with Crippen LogP contribution in [0.5, 0.6) is 0 Å². The van der Waals surface area contributed by atoms with Gasteiger partial charge < -0.3 is 14.2 Å². The fourth-order valence-corrected chi connectivity index (χ4v) is 8.45. The molecule has 0 amide bonds. The second-order valence-corrected chi connectivity index (χ2v) is 11.5. The van der Waals surface area contributed by atoms with Gasteiger partial charge in [0.2, 0.25) is 0 Å². The second-order valence-electron chi connectivity index (χ2n) is 6.48. The molecular formula is C22H30B2O3P2. The molecule has 2 aromatic rings. The molecule has 1 aliphatic heterocycles. The van der Waals surface area contributed by atoms with E-state index in [1.54, 1.807) is 0 Å². The van der Waals surface area contributed by atoms with Gasteiger partial charge in [-0.25, -0.2) is 0 Å². The average Bonchev–Trinajstić information content (AvgIpc) is 2.74. The lowest BCUT2D eigenvalue weighted by atomic mass is 10.4. The van der Waals surface area contributed by atoms with Crippen LogP contribution in [0.1, 0.15) is 0 Å². The van der Waals surface area contributed by atoms with Crippen LogP contribution in [0, 0.1) is 0 Å². The third-order valence-corrected chi connectivity index (χ3v) is 10.0. The minimum Gasteiger partial charge on any atom is -0.379 e. The fraction of sp³-hybridized carbons (Fsp3) is 0.455. The van der Waals surface area contributed by atoms with E-state index in [0.717, 1.165) is 25.5 Å². The van der Waals surface area contributed by atoms with Gasteiger partial charge in [0, 0.05) is 16.8 Å². The van der Waals surface area contributed by atoms with Crippen molar-refractivity contribution in [1.82, 2.24) is 0 Å². The van der Waals surface area contributed by atoms with Gasteiger partial charge in [-0.2, -0.15) is 0 Å². The van der Waals surface area contributed by atoms with Crippen LogP contribution in [-0.2, 0) is 14.2 Å². The van der Waals surface area contributed by atoms with Gasteiger partial charge in [-0.1, -0.05) is 76.5 Å². The van der Waals surface area contributed by atoms with Gasteiger partial charge in [0.05, 0.1) is 39.6 Å². The summed E-state index contributed by atoms with van der Waals surface area (Å²) in [6, 6.07) is 22.0. The predicted molar refractivity (Wildman–Crippen MR) is 129 cm³/mol. The van der Waals surface area contributed by atoms with Crippen LogP contribution in [0.25, 0.3) is 0 Å². The Morgan fingerprint density at radius 1 is 0.448 bits per heavy atom. The molecule has 152 valence electrons. The van der Waals surface area contributed by atoms with Crippen LogP contribution in [-0.4, -0.2) is 81.1 Å². The maximum atomic E-state index is 5.83. The minimum absolute atomic E-state index is 0. The first-order valence-corrected chi connectivity index (χ1v) is 13.2. The SMILES string of the molecule is [B].[B].c1ccc([P@@]2CCOCCOCCOCC[P@](c3ccccc3)CC2)cc1. The number of ether oxygens (including phenoxy) is 3. The monoisotopic (exact) mass is 426 g/mol. The Morgan fingerprint density at radius 2 is 0.793 bits per heavy atom. The van der Waals surface area contributed by atoms with Crippen molar-refractivity contribution >= 4 is 43.3 Å². The van der Waals surface area contributed by atoms with E-state index in [2.05, 4.69) is 60.7 Å². The second kappa shape index (κ2) is 16.1. The van der Waals surface area contributed by atoms with Gasteiger partial charge in [-0.05, 0) is 35.3 Å². The van der Waals surface area contributed by atoms with Crippen molar-refractivity contribution in [2.75, 3.05) is 64.3 Å². The Hall–Kier alpha value is -0.690. The summed E-state index contributed by atoms with van der Waals surface area (Å²) >= 11 is 0. The number of benzene rings is 2. The topological polar surface area (TPSA) is 27.7 Å². The molecule has 1 saturated heterocycles.